The Kier molecular flexibility index (Phi) is 4.46. The number of thioether (sulfide) groups is 1. The lowest BCUT2D eigenvalue weighted by molar-refractivity contribution is 0.448. The summed E-state index contributed by atoms with van der Waals surface area (Å²) in [6, 6.07) is 10.9. The van der Waals surface area contributed by atoms with E-state index in [2.05, 4.69) is 28.7 Å². The van der Waals surface area contributed by atoms with Crippen LogP contribution < -0.4 is 10.1 Å². The van der Waals surface area contributed by atoms with Gasteiger partial charge in [0.15, 0.2) is 0 Å². The van der Waals surface area contributed by atoms with Crippen LogP contribution in [0.4, 0.5) is 0 Å². The van der Waals surface area contributed by atoms with Gasteiger partial charge in [0, 0.05) is 29.2 Å². The number of para-hydroxylation sites is 1. The number of pyridine rings is 1. The van der Waals surface area contributed by atoms with Crippen LogP contribution in [-0.4, -0.2) is 17.3 Å². The minimum Gasteiger partial charge on any atom is -0.438 e. The van der Waals surface area contributed by atoms with E-state index in [9.17, 15) is 0 Å². The first-order chi connectivity index (χ1) is 10.3. The highest BCUT2D eigenvalue weighted by Gasteiger charge is 2.20. The van der Waals surface area contributed by atoms with Crippen molar-refractivity contribution in [2.24, 2.45) is 0 Å². The maximum absolute atomic E-state index is 5.97. The molecule has 0 amide bonds. The molecule has 1 aromatic carbocycles. The molecule has 0 bridgehead atoms. The van der Waals surface area contributed by atoms with Crippen LogP contribution in [0.15, 0.2) is 41.4 Å². The number of rotatable bonds is 6. The fourth-order valence-corrected chi connectivity index (χ4v) is 2.71. The fraction of sp³-hybridized carbons (Fsp3) is 0.353. The fourth-order valence-electron chi connectivity index (χ4n) is 2.18. The Morgan fingerprint density at radius 2 is 2.14 bits per heavy atom. The minimum absolute atomic E-state index is 0.687. The Balaban J connectivity index is 1.72. The Hall–Kier alpha value is -1.52. The zero-order chi connectivity index (χ0) is 14.7. The topological polar surface area (TPSA) is 34.1 Å². The Morgan fingerprint density at radius 3 is 2.86 bits per heavy atom. The number of nitrogens with one attached hydrogen (secondary N) is 1. The van der Waals surface area contributed by atoms with Crippen molar-refractivity contribution in [1.29, 1.82) is 0 Å². The van der Waals surface area contributed by atoms with Crippen LogP contribution in [0.3, 0.4) is 0 Å². The summed E-state index contributed by atoms with van der Waals surface area (Å²) in [6.07, 6.45) is 6.56. The molecule has 21 heavy (non-hydrogen) atoms. The average molecular weight is 300 g/mol. The van der Waals surface area contributed by atoms with Crippen molar-refractivity contribution in [3.8, 4) is 11.6 Å². The summed E-state index contributed by atoms with van der Waals surface area (Å²) in [7, 11) is 0. The Labute approximate surface area is 130 Å². The van der Waals surface area contributed by atoms with Gasteiger partial charge in [-0.2, -0.15) is 0 Å². The van der Waals surface area contributed by atoms with Gasteiger partial charge in [-0.25, -0.2) is 4.98 Å². The minimum atomic E-state index is 0.687. The predicted octanol–water partition coefficient (Wildman–Crippen LogP) is 4.16. The van der Waals surface area contributed by atoms with Gasteiger partial charge in [0.25, 0.3) is 0 Å². The van der Waals surface area contributed by atoms with Gasteiger partial charge in [-0.1, -0.05) is 12.1 Å². The van der Waals surface area contributed by atoms with Crippen LogP contribution in [0.1, 0.15) is 24.0 Å². The van der Waals surface area contributed by atoms with E-state index in [1.54, 1.807) is 11.8 Å². The van der Waals surface area contributed by atoms with Crippen molar-refractivity contribution in [3.63, 3.8) is 0 Å². The van der Waals surface area contributed by atoms with Gasteiger partial charge in [-0.15, -0.1) is 11.8 Å². The van der Waals surface area contributed by atoms with E-state index >= 15 is 0 Å². The number of aromatic nitrogens is 1. The molecule has 4 heteroatoms. The van der Waals surface area contributed by atoms with E-state index in [-0.39, 0.29) is 0 Å². The first kappa shape index (κ1) is 14.4. The molecular weight excluding hydrogens is 280 g/mol. The molecule has 1 aliphatic rings. The van der Waals surface area contributed by atoms with Crippen molar-refractivity contribution in [1.82, 2.24) is 10.3 Å². The van der Waals surface area contributed by atoms with E-state index < -0.39 is 0 Å². The average Bonchev–Trinajstić information content (AvgIpc) is 3.32. The second kappa shape index (κ2) is 6.50. The summed E-state index contributed by atoms with van der Waals surface area (Å²) in [4.78, 5) is 5.60. The largest absolute Gasteiger partial charge is 0.438 e. The third-order valence-corrected chi connectivity index (χ3v) is 4.31. The summed E-state index contributed by atoms with van der Waals surface area (Å²) in [5.41, 5.74) is 2.28. The van der Waals surface area contributed by atoms with Crippen molar-refractivity contribution in [3.05, 3.63) is 47.7 Å². The normalized spacial score (nSPS) is 14.2. The van der Waals surface area contributed by atoms with Crippen molar-refractivity contribution >= 4 is 11.8 Å². The smallest absolute Gasteiger partial charge is 0.222 e. The molecule has 1 saturated carbocycles. The van der Waals surface area contributed by atoms with Gasteiger partial charge >= 0.3 is 0 Å². The first-order valence-corrected chi connectivity index (χ1v) is 8.48. The lowest BCUT2D eigenvalue weighted by atomic mass is 10.2. The van der Waals surface area contributed by atoms with Gasteiger partial charge in [0.05, 0.1) is 0 Å². The van der Waals surface area contributed by atoms with Gasteiger partial charge in [0.1, 0.15) is 5.75 Å². The molecule has 0 radical (unpaired) electrons. The molecule has 110 valence electrons. The number of hydrogen-bond acceptors (Lipinski definition) is 4. The highest BCUT2D eigenvalue weighted by Crippen LogP contribution is 2.31. The number of aryl methyl sites for hydroxylation is 1. The second-order valence-corrected chi connectivity index (χ2v) is 6.22. The molecule has 2 aromatic rings. The van der Waals surface area contributed by atoms with E-state index in [1.807, 2.05) is 31.3 Å². The molecule has 0 saturated heterocycles. The highest BCUT2D eigenvalue weighted by molar-refractivity contribution is 7.98. The zero-order valence-corrected chi connectivity index (χ0v) is 13.2. The molecule has 0 unspecified atom stereocenters. The second-order valence-electron chi connectivity index (χ2n) is 5.37. The maximum Gasteiger partial charge on any atom is 0.222 e. The number of nitrogens with zero attached hydrogens (tertiary/aromatic N) is 1. The summed E-state index contributed by atoms with van der Waals surface area (Å²) in [5.74, 6) is 1.55. The molecule has 0 aliphatic heterocycles. The van der Waals surface area contributed by atoms with Crippen LogP contribution in [0.2, 0.25) is 0 Å². The molecule has 1 aliphatic carbocycles. The molecule has 0 atom stereocenters. The molecule has 3 rings (SSSR count). The van der Waals surface area contributed by atoms with Crippen molar-refractivity contribution < 1.29 is 4.74 Å². The summed E-state index contributed by atoms with van der Waals surface area (Å²) >= 11 is 1.68. The van der Waals surface area contributed by atoms with Gasteiger partial charge in [0.2, 0.25) is 5.88 Å². The first-order valence-electron chi connectivity index (χ1n) is 7.26. The summed E-state index contributed by atoms with van der Waals surface area (Å²) < 4.78 is 5.97. The molecule has 0 spiro atoms. The van der Waals surface area contributed by atoms with E-state index in [0.29, 0.717) is 5.88 Å². The lowest BCUT2D eigenvalue weighted by Gasteiger charge is -2.11. The van der Waals surface area contributed by atoms with Crippen LogP contribution >= 0.6 is 11.8 Å². The third-order valence-electron chi connectivity index (χ3n) is 3.53. The van der Waals surface area contributed by atoms with Crippen LogP contribution in [-0.2, 0) is 6.54 Å². The monoisotopic (exact) mass is 300 g/mol. The quantitative estimate of drug-likeness (QED) is 0.812. The van der Waals surface area contributed by atoms with E-state index in [0.717, 1.165) is 28.8 Å². The molecule has 1 fully saturated rings. The summed E-state index contributed by atoms with van der Waals surface area (Å²) in [5, 5.41) is 3.50. The molecule has 1 aromatic heterocycles. The number of ether oxygens (including phenoxy) is 1. The standard InChI is InChI=1S/C17H20N2OS/c1-12-9-13(10-18-14-7-8-14)11-19-17(12)20-15-5-3-4-6-16(15)21-2/h3-6,9,11,14,18H,7-8,10H2,1-2H3. The number of benzene rings is 1. The zero-order valence-electron chi connectivity index (χ0n) is 12.4. The van der Waals surface area contributed by atoms with Crippen molar-refractivity contribution in [2.45, 2.75) is 37.2 Å². The Bertz CT molecular complexity index is 626. The van der Waals surface area contributed by atoms with Crippen LogP contribution in [0.5, 0.6) is 11.6 Å². The number of hydrogen-bond donors (Lipinski definition) is 1. The Morgan fingerprint density at radius 1 is 1.33 bits per heavy atom. The molecular formula is C17H20N2OS. The summed E-state index contributed by atoms with van der Waals surface area (Å²) in [6.45, 7) is 2.94. The van der Waals surface area contributed by atoms with Gasteiger partial charge < -0.3 is 10.1 Å². The van der Waals surface area contributed by atoms with Crippen LogP contribution in [0, 0.1) is 6.92 Å². The molecule has 1 heterocycles. The highest BCUT2D eigenvalue weighted by atomic mass is 32.2. The molecule has 1 N–H and O–H groups in total. The lowest BCUT2D eigenvalue weighted by Crippen LogP contribution is -2.15. The van der Waals surface area contributed by atoms with Gasteiger partial charge in [-0.05, 0) is 49.8 Å². The molecule has 3 nitrogen and oxygen atoms in total. The van der Waals surface area contributed by atoms with Crippen LogP contribution in [0.25, 0.3) is 0 Å². The maximum atomic E-state index is 5.97. The predicted molar refractivity (Wildman–Crippen MR) is 87.1 cm³/mol. The third kappa shape index (κ3) is 3.77. The van der Waals surface area contributed by atoms with Crippen molar-refractivity contribution in [2.75, 3.05) is 6.26 Å². The van der Waals surface area contributed by atoms with Gasteiger partial charge in [-0.3, -0.25) is 0 Å². The van der Waals surface area contributed by atoms with E-state index in [4.69, 9.17) is 4.74 Å². The van der Waals surface area contributed by atoms with E-state index in [1.165, 1.54) is 18.4 Å². The SMILES string of the molecule is CSc1ccccc1Oc1ncc(CNC2CC2)cc1C.